The second kappa shape index (κ2) is 5.34. The third-order valence-corrected chi connectivity index (χ3v) is 4.13. The molecule has 20 heavy (non-hydrogen) atoms. The van der Waals surface area contributed by atoms with Crippen molar-refractivity contribution in [2.24, 2.45) is 0 Å². The summed E-state index contributed by atoms with van der Waals surface area (Å²) in [7, 11) is -3.94. The van der Waals surface area contributed by atoms with Gasteiger partial charge in [-0.1, -0.05) is 30.3 Å². The zero-order chi connectivity index (χ0) is 14.8. The number of carbonyl (C=O) groups is 1. The lowest BCUT2D eigenvalue weighted by atomic mass is 10.1. The van der Waals surface area contributed by atoms with E-state index in [0.717, 1.165) is 0 Å². The molecule has 104 valence electrons. The third kappa shape index (κ3) is 2.80. The number of ketones is 1. The summed E-state index contributed by atoms with van der Waals surface area (Å²) in [6, 6.07) is 11.9. The van der Waals surface area contributed by atoms with E-state index in [9.17, 15) is 18.3 Å². The van der Waals surface area contributed by atoms with Crippen LogP contribution in [0.2, 0.25) is 0 Å². The smallest absolute Gasteiger partial charge is 0.262 e. The van der Waals surface area contributed by atoms with Gasteiger partial charge >= 0.3 is 0 Å². The third-order valence-electron chi connectivity index (χ3n) is 2.70. The van der Waals surface area contributed by atoms with Crippen LogP contribution in [-0.2, 0) is 10.0 Å². The van der Waals surface area contributed by atoms with E-state index in [-0.39, 0.29) is 27.7 Å². The van der Waals surface area contributed by atoms with Crippen LogP contribution in [0.15, 0.2) is 53.4 Å². The molecule has 2 N–H and O–H groups in total. The minimum Gasteiger partial charge on any atom is -0.506 e. The maximum Gasteiger partial charge on any atom is 0.262 e. The molecule has 0 unspecified atom stereocenters. The lowest BCUT2D eigenvalue weighted by Crippen LogP contribution is -2.16. The molecule has 0 atom stereocenters. The number of nitrogens with one attached hydrogen (secondary N) is 1. The Labute approximate surface area is 116 Å². The fraction of sp³-hybridized carbons (Fsp3) is 0.0714. The summed E-state index contributed by atoms with van der Waals surface area (Å²) >= 11 is 0. The quantitative estimate of drug-likeness (QED) is 0.669. The van der Waals surface area contributed by atoms with Gasteiger partial charge in [-0.3, -0.25) is 9.52 Å². The molecule has 0 aromatic heterocycles. The van der Waals surface area contributed by atoms with E-state index in [1.54, 1.807) is 18.2 Å². The Morgan fingerprint density at radius 3 is 2.30 bits per heavy atom. The first-order chi connectivity index (χ1) is 9.42. The maximum atomic E-state index is 12.3. The molecule has 0 aliphatic rings. The summed E-state index contributed by atoms with van der Waals surface area (Å²) in [5.74, 6) is -0.528. The van der Waals surface area contributed by atoms with Gasteiger partial charge in [-0.2, -0.15) is 0 Å². The summed E-state index contributed by atoms with van der Waals surface area (Å²) in [4.78, 5) is 11.4. The van der Waals surface area contributed by atoms with Crippen molar-refractivity contribution < 1.29 is 18.3 Å². The number of para-hydroxylation sites is 2. The standard InChI is InChI=1S/C14H13NO4S/c1-10(16)11-6-2-5-9-14(11)20(18,19)15-12-7-3-4-8-13(12)17/h2-9,15,17H,1H3. The lowest BCUT2D eigenvalue weighted by molar-refractivity contribution is 0.101. The number of carbonyl (C=O) groups excluding carboxylic acids is 1. The van der Waals surface area contributed by atoms with Crippen LogP contribution in [0, 0.1) is 0 Å². The van der Waals surface area contributed by atoms with Gasteiger partial charge in [0.1, 0.15) is 5.75 Å². The minimum atomic E-state index is -3.94. The van der Waals surface area contributed by atoms with Crippen molar-refractivity contribution in [3.8, 4) is 5.75 Å². The van der Waals surface area contributed by atoms with Gasteiger partial charge in [-0.15, -0.1) is 0 Å². The molecule has 0 saturated carbocycles. The van der Waals surface area contributed by atoms with Gasteiger partial charge in [-0.25, -0.2) is 8.42 Å². The number of benzene rings is 2. The van der Waals surface area contributed by atoms with Gasteiger partial charge in [0.2, 0.25) is 0 Å². The van der Waals surface area contributed by atoms with Crippen molar-refractivity contribution in [3.63, 3.8) is 0 Å². The van der Waals surface area contributed by atoms with Crippen LogP contribution in [0.4, 0.5) is 5.69 Å². The fourth-order valence-electron chi connectivity index (χ4n) is 1.75. The van der Waals surface area contributed by atoms with Gasteiger partial charge in [0.25, 0.3) is 10.0 Å². The molecule has 0 bridgehead atoms. The van der Waals surface area contributed by atoms with Crippen LogP contribution in [-0.4, -0.2) is 19.3 Å². The molecule has 0 heterocycles. The SMILES string of the molecule is CC(=O)c1ccccc1S(=O)(=O)Nc1ccccc1O. The molecule has 5 nitrogen and oxygen atoms in total. The van der Waals surface area contributed by atoms with Crippen molar-refractivity contribution >= 4 is 21.5 Å². The van der Waals surface area contributed by atoms with Crippen molar-refractivity contribution in [2.45, 2.75) is 11.8 Å². The average Bonchev–Trinajstić information content (AvgIpc) is 2.41. The number of anilines is 1. The summed E-state index contributed by atoms with van der Waals surface area (Å²) in [6.07, 6.45) is 0. The second-order valence-electron chi connectivity index (χ2n) is 4.17. The Hall–Kier alpha value is -2.34. The van der Waals surface area contributed by atoms with E-state index in [4.69, 9.17) is 0 Å². The number of Topliss-reactive ketones (excluding diaryl/α,β-unsaturated/α-hetero) is 1. The Bertz CT molecular complexity index is 753. The van der Waals surface area contributed by atoms with Crippen LogP contribution in [0.3, 0.4) is 0 Å². The molecule has 2 rings (SSSR count). The normalized spacial score (nSPS) is 11.1. The number of rotatable bonds is 4. The summed E-state index contributed by atoms with van der Waals surface area (Å²) in [5, 5.41) is 9.61. The van der Waals surface area contributed by atoms with E-state index in [1.165, 1.54) is 37.3 Å². The highest BCUT2D eigenvalue weighted by molar-refractivity contribution is 7.92. The molecule has 0 saturated heterocycles. The Morgan fingerprint density at radius 1 is 1.05 bits per heavy atom. The molecule has 2 aromatic carbocycles. The lowest BCUT2D eigenvalue weighted by Gasteiger charge is -2.11. The van der Waals surface area contributed by atoms with Crippen molar-refractivity contribution in [3.05, 3.63) is 54.1 Å². The molecule has 0 aliphatic carbocycles. The van der Waals surface area contributed by atoms with Crippen molar-refractivity contribution in [2.75, 3.05) is 4.72 Å². The average molecular weight is 291 g/mol. The number of phenols is 1. The Morgan fingerprint density at radius 2 is 1.65 bits per heavy atom. The first-order valence-electron chi connectivity index (χ1n) is 5.82. The van der Waals surface area contributed by atoms with Crippen molar-refractivity contribution in [1.82, 2.24) is 0 Å². The first-order valence-corrected chi connectivity index (χ1v) is 7.31. The predicted molar refractivity (Wildman–Crippen MR) is 75.4 cm³/mol. The fourth-order valence-corrected chi connectivity index (χ4v) is 3.08. The first kappa shape index (κ1) is 14.1. The van der Waals surface area contributed by atoms with Crippen molar-refractivity contribution in [1.29, 1.82) is 0 Å². The van der Waals surface area contributed by atoms with Gasteiger partial charge in [-0.05, 0) is 25.1 Å². The van der Waals surface area contributed by atoms with Gasteiger partial charge < -0.3 is 5.11 Å². The monoisotopic (exact) mass is 291 g/mol. The highest BCUT2D eigenvalue weighted by Gasteiger charge is 2.21. The highest BCUT2D eigenvalue weighted by Crippen LogP contribution is 2.26. The second-order valence-corrected chi connectivity index (χ2v) is 5.83. The number of hydrogen-bond donors (Lipinski definition) is 2. The Balaban J connectivity index is 2.47. The number of hydrogen-bond acceptors (Lipinski definition) is 4. The van der Waals surface area contributed by atoms with E-state index in [2.05, 4.69) is 4.72 Å². The van der Waals surface area contributed by atoms with Crippen LogP contribution < -0.4 is 4.72 Å². The molecular weight excluding hydrogens is 278 g/mol. The van der Waals surface area contributed by atoms with Crippen LogP contribution in [0.1, 0.15) is 17.3 Å². The topological polar surface area (TPSA) is 83.5 Å². The minimum absolute atomic E-state index is 0.0610. The largest absolute Gasteiger partial charge is 0.506 e. The van der Waals surface area contributed by atoms with Crippen LogP contribution in [0.5, 0.6) is 5.75 Å². The Kier molecular flexibility index (Phi) is 3.76. The van der Waals surface area contributed by atoms with E-state index < -0.39 is 10.0 Å². The number of sulfonamides is 1. The number of aromatic hydroxyl groups is 1. The molecule has 0 fully saturated rings. The summed E-state index contributed by atoms with van der Waals surface area (Å²) < 4.78 is 26.9. The van der Waals surface area contributed by atoms with E-state index in [1.807, 2.05) is 0 Å². The van der Waals surface area contributed by atoms with Gasteiger partial charge in [0.05, 0.1) is 10.6 Å². The molecular formula is C14H13NO4S. The van der Waals surface area contributed by atoms with E-state index in [0.29, 0.717) is 0 Å². The van der Waals surface area contributed by atoms with Gasteiger partial charge in [0, 0.05) is 5.56 Å². The molecule has 0 spiro atoms. The molecule has 0 aliphatic heterocycles. The van der Waals surface area contributed by atoms with Crippen LogP contribution >= 0.6 is 0 Å². The number of phenolic OH excluding ortho intramolecular Hbond substituents is 1. The van der Waals surface area contributed by atoms with Crippen LogP contribution in [0.25, 0.3) is 0 Å². The molecule has 0 amide bonds. The zero-order valence-corrected chi connectivity index (χ0v) is 11.5. The molecule has 0 radical (unpaired) electrons. The zero-order valence-electron chi connectivity index (χ0n) is 10.7. The molecule has 6 heteroatoms. The summed E-state index contributed by atoms with van der Waals surface area (Å²) in [6.45, 7) is 1.30. The molecule has 2 aromatic rings. The van der Waals surface area contributed by atoms with Gasteiger partial charge in [0.15, 0.2) is 5.78 Å². The predicted octanol–water partition coefficient (Wildman–Crippen LogP) is 2.40. The highest BCUT2D eigenvalue weighted by atomic mass is 32.2. The maximum absolute atomic E-state index is 12.3. The summed E-state index contributed by atoms with van der Waals surface area (Å²) in [5.41, 5.74) is 0.168. The van der Waals surface area contributed by atoms with E-state index >= 15 is 0 Å².